The maximum atomic E-state index is 13.7. The number of carbonyl (C=O) groups excluding carboxylic acids is 2. The topological polar surface area (TPSA) is 117 Å². The number of alkyl halides is 6. The van der Waals surface area contributed by atoms with Gasteiger partial charge in [0, 0.05) is 37.5 Å². The molecule has 0 saturated carbocycles. The van der Waals surface area contributed by atoms with E-state index in [1.54, 1.807) is 24.3 Å². The van der Waals surface area contributed by atoms with Crippen LogP contribution in [0.1, 0.15) is 47.9 Å². The first-order chi connectivity index (χ1) is 22.6. The number of halogens is 6. The molecule has 0 aliphatic carbocycles. The van der Waals surface area contributed by atoms with E-state index in [1.807, 2.05) is 4.90 Å². The van der Waals surface area contributed by atoms with Crippen molar-refractivity contribution in [2.24, 2.45) is 10.9 Å². The van der Waals surface area contributed by atoms with E-state index in [4.69, 9.17) is 0 Å². The number of benzene rings is 2. The molecule has 2 fully saturated rings. The van der Waals surface area contributed by atoms with Crippen LogP contribution < -0.4 is 4.72 Å². The number of aromatic nitrogens is 2. The molecule has 1 N–H and O–H groups in total. The van der Waals surface area contributed by atoms with Crippen LogP contribution in [0.25, 0.3) is 17.0 Å². The lowest BCUT2D eigenvalue weighted by atomic mass is 9.97. The van der Waals surface area contributed by atoms with Gasteiger partial charge in [0.25, 0.3) is 5.91 Å². The number of nitrogens with one attached hydrogen (secondary N) is 1. The summed E-state index contributed by atoms with van der Waals surface area (Å²) in [5.74, 6) is -1.51. The summed E-state index contributed by atoms with van der Waals surface area (Å²) in [6.07, 6.45) is -4.64. The summed E-state index contributed by atoms with van der Waals surface area (Å²) in [6.45, 7) is 1.15. The lowest BCUT2D eigenvalue weighted by molar-refractivity contribution is -0.143. The summed E-state index contributed by atoms with van der Waals surface area (Å²) >= 11 is 1.15. The van der Waals surface area contributed by atoms with Gasteiger partial charge < -0.3 is 4.90 Å². The first-order valence-electron chi connectivity index (χ1n) is 14.9. The molecule has 2 saturated heterocycles. The van der Waals surface area contributed by atoms with Crippen molar-refractivity contribution in [1.82, 2.24) is 23.7 Å². The molecular weight excluding hydrogens is 686 g/mol. The van der Waals surface area contributed by atoms with Crippen molar-refractivity contribution >= 4 is 55.9 Å². The average molecular weight is 715 g/mol. The Bertz CT molecular complexity index is 1930. The number of nitrogens with zero attached hydrogens (tertiary/aromatic N) is 5. The number of carbonyl (C=O) groups is 2. The van der Waals surface area contributed by atoms with E-state index in [-0.39, 0.29) is 11.6 Å². The Morgan fingerprint density at radius 2 is 1.69 bits per heavy atom. The first kappa shape index (κ1) is 34.0. The van der Waals surface area contributed by atoms with Gasteiger partial charge in [-0.2, -0.15) is 49.2 Å². The zero-order valence-electron chi connectivity index (χ0n) is 25.0. The first-order valence-corrected chi connectivity index (χ1v) is 17.2. The highest BCUT2D eigenvalue weighted by Gasteiger charge is 2.38. The third kappa shape index (κ3) is 7.24. The number of aliphatic imine (C=N–C) groups is 1. The number of rotatable bonds is 6. The van der Waals surface area contributed by atoms with Gasteiger partial charge in [0.2, 0.25) is 5.91 Å². The summed E-state index contributed by atoms with van der Waals surface area (Å²) in [4.78, 5) is 31.8. The second-order valence-corrected chi connectivity index (χ2v) is 14.3. The standard InChI is InChI=1S/C30H28F6N6O4S2/c31-29(32,33)22-5-4-20(23(15-22)30(34,35)36)17-42-24-6-3-18(13-21(24)16-37-42)14-25-27(44)38-28(47-25)40-11-7-19(8-12-40)26(43)39-48(45,46)41-9-1-2-10-41/h3-6,13-16,19H,1-2,7-12,17H2,(H,39,43). The van der Waals surface area contributed by atoms with Gasteiger partial charge in [-0.05, 0) is 78.9 Å². The Hall–Kier alpha value is -3.90. The smallest absolute Gasteiger partial charge is 0.351 e. The molecule has 2 amide bonds. The number of likely N-dealkylation sites (tertiary alicyclic amines) is 1. The summed E-state index contributed by atoms with van der Waals surface area (Å²) in [7, 11) is -3.86. The molecule has 3 aliphatic heterocycles. The van der Waals surface area contributed by atoms with Gasteiger partial charge in [0.05, 0.1) is 34.3 Å². The highest BCUT2D eigenvalue weighted by molar-refractivity contribution is 8.18. The number of fused-ring (bicyclic) bond motifs is 1. The van der Waals surface area contributed by atoms with Crippen molar-refractivity contribution in [3.63, 3.8) is 0 Å². The molecule has 2 aromatic carbocycles. The predicted molar refractivity (Wildman–Crippen MR) is 165 cm³/mol. The fraction of sp³-hybridized carbons (Fsp3) is 0.400. The SMILES string of the molecule is O=C1N=C(N2CCC(C(=O)NS(=O)(=O)N3CCCC3)CC2)SC1=Cc1ccc2c(cnn2Cc2ccc(C(F)(F)F)cc2C(F)(F)F)c1. The highest BCUT2D eigenvalue weighted by atomic mass is 32.2. The molecule has 18 heteroatoms. The molecule has 10 nitrogen and oxygen atoms in total. The molecule has 256 valence electrons. The molecule has 48 heavy (non-hydrogen) atoms. The van der Waals surface area contributed by atoms with E-state index in [0.29, 0.717) is 71.6 Å². The third-order valence-corrected chi connectivity index (χ3v) is 11.0. The van der Waals surface area contributed by atoms with Crippen LogP contribution >= 0.6 is 11.8 Å². The molecule has 0 spiro atoms. The van der Waals surface area contributed by atoms with Crippen molar-refractivity contribution in [3.05, 3.63) is 69.8 Å². The van der Waals surface area contributed by atoms with Gasteiger partial charge in [0.1, 0.15) is 0 Å². The van der Waals surface area contributed by atoms with E-state index in [0.717, 1.165) is 30.7 Å². The second-order valence-electron chi connectivity index (χ2n) is 11.6. The predicted octanol–water partition coefficient (Wildman–Crippen LogP) is 5.26. The maximum Gasteiger partial charge on any atom is 0.416 e. The van der Waals surface area contributed by atoms with E-state index in [2.05, 4.69) is 14.8 Å². The Labute approximate surface area is 275 Å². The van der Waals surface area contributed by atoms with E-state index in [1.165, 1.54) is 15.2 Å². The third-order valence-electron chi connectivity index (χ3n) is 8.41. The van der Waals surface area contributed by atoms with Gasteiger partial charge in [0.15, 0.2) is 5.17 Å². The molecular formula is C30H28F6N6O4S2. The fourth-order valence-electron chi connectivity index (χ4n) is 5.86. The molecule has 3 aromatic rings. The molecule has 4 heterocycles. The van der Waals surface area contributed by atoms with Crippen LogP contribution in [0.15, 0.2) is 52.5 Å². The lowest BCUT2D eigenvalue weighted by Gasteiger charge is -2.32. The summed E-state index contributed by atoms with van der Waals surface area (Å²) < 4.78 is 110. The molecule has 1 aromatic heterocycles. The fourth-order valence-corrected chi connectivity index (χ4v) is 8.11. The van der Waals surface area contributed by atoms with Crippen molar-refractivity contribution < 1.29 is 44.3 Å². The quantitative estimate of drug-likeness (QED) is 0.274. The minimum atomic E-state index is -5.01. The Balaban J connectivity index is 1.10. The van der Waals surface area contributed by atoms with Crippen molar-refractivity contribution in [2.75, 3.05) is 26.2 Å². The molecule has 0 radical (unpaired) electrons. The molecule has 0 unspecified atom stereocenters. The largest absolute Gasteiger partial charge is 0.416 e. The number of thioether (sulfide) groups is 1. The van der Waals surface area contributed by atoms with Gasteiger partial charge in [-0.15, -0.1) is 0 Å². The van der Waals surface area contributed by atoms with Crippen LogP contribution in [0.2, 0.25) is 0 Å². The normalized spacial score (nSPS) is 19.5. The van der Waals surface area contributed by atoms with Crippen LogP contribution in [0.3, 0.4) is 0 Å². The number of hydrogen-bond acceptors (Lipinski definition) is 7. The van der Waals surface area contributed by atoms with Crippen LogP contribution in [-0.4, -0.2) is 70.6 Å². The van der Waals surface area contributed by atoms with Crippen molar-refractivity contribution in [3.8, 4) is 0 Å². The summed E-state index contributed by atoms with van der Waals surface area (Å²) in [5, 5.41) is 5.14. The average Bonchev–Trinajstić information content (AvgIpc) is 3.78. The minimum absolute atomic E-state index is 0.0972. The van der Waals surface area contributed by atoms with E-state index >= 15 is 0 Å². The Kier molecular flexibility index (Phi) is 9.10. The lowest BCUT2D eigenvalue weighted by Crippen LogP contribution is -2.47. The number of amides is 2. The number of amidine groups is 1. The molecule has 6 rings (SSSR count). The van der Waals surface area contributed by atoms with Gasteiger partial charge >= 0.3 is 22.6 Å². The highest BCUT2D eigenvalue weighted by Crippen LogP contribution is 2.38. The van der Waals surface area contributed by atoms with E-state index < -0.39 is 58.0 Å². The number of hydrogen-bond donors (Lipinski definition) is 1. The van der Waals surface area contributed by atoms with E-state index in [9.17, 15) is 44.3 Å². The van der Waals surface area contributed by atoms with Crippen LogP contribution in [0.4, 0.5) is 26.3 Å². The minimum Gasteiger partial charge on any atom is -0.351 e. The molecule has 0 atom stereocenters. The monoisotopic (exact) mass is 714 g/mol. The van der Waals surface area contributed by atoms with Crippen LogP contribution in [-0.2, 0) is 38.7 Å². The summed E-state index contributed by atoms with van der Waals surface area (Å²) in [6, 6.07) is 6.41. The molecule has 3 aliphatic rings. The van der Waals surface area contributed by atoms with Crippen LogP contribution in [0, 0.1) is 5.92 Å². The second kappa shape index (κ2) is 12.9. The van der Waals surface area contributed by atoms with Crippen molar-refractivity contribution in [2.45, 2.75) is 44.6 Å². The Morgan fingerprint density at radius 1 is 0.979 bits per heavy atom. The van der Waals surface area contributed by atoms with Gasteiger partial charge in [-0.1, -0.05) is 12.1 Å². The maximum absolute atomic E-state index is 13.7. The van der Waals surface area contributed by atoms with Crippen molar-refractivity contribution in [1.29, 1.82) is 0 Å². The van der Waals surface area contributed by atoms with Gasteiger partial charge in [-0.3, -0.25) is 14.3 Å². The summed E-state index contributed by atoms with van der Waals surface area (Å²) in [5.41, 5.74) is -2.14. The van der Waals surface area contributed by atoms with Gasteiger partial charge in [-0.25, -0.2) is 4.72 Å². The zero-order valence-corrected chi connectivity index (χ0v) is 26.6. The molecule has 0 bridgehead atoms. The number of piperidine rings is 1. The zero-order chi connectivity index (χ0) is 34.4. The van der Waals surface area contributed by atoms with Crippen LogP contribution in [0.5, 0.6) is 0 Å². The Morgan fingerprint density at radius 3 is 2.35 bits per heavy atom.